The monoisotopic (exact) mass is 385 g/mol. The topological polar surface area (TPSA) is 76.7 Å². The average Bonchev–Trinajstić information content (AvgIpc) is 3.47. The largest absolute Gasteiger partial charge is 0.416 e. The van der Waals surface area contributed by atoms with Gasteiger partial charge >= 0.3 is 6.18 Å². The number of nitrogens with zero attached hydrogens (tertiary/aromatic N) is 3. The number of benzene rings is 1. The molecule has 0 unspecified atom stereocenters. The quantitative estimate of drug-likeness (QED) is 0.699. The number of nitrogens with two attached hydrogens (primary N) is 1. The number of aromatic nitrogens is 3. The van der Waals surface area contributed by atoms with Crippen molar-refractivity contribution in [3.8, 4) is 11.3 Å². The van der Waals surface area contributed by atoms with Gasteiger partial charge in [0.05, 0.1) is 11.3 Å². The van der Waals surface area contributed by atoms with E-state index in [9.17, 15) is 13.2 Å². The minimum Gasteiger partial charge on any atom is -0.368 e. The Kier molecular flexibility index (Phi) is 4.72. The van der Waals surface area contributed by atoms with Gasteiger partial charge in [-0.3, -0.25) is 4.98 Å². The first kappa shape index (κ1) is 18.4. The van der Waals surface area contributed by atoms with Crippen LogP contribution in [0.5, 0.6) is 0 Å². The summed E-state index contributed by atoms with van der Waals surface area (Å²) < 4.78 is 38.6. The van der Waals surface area contributed by atoms with E-state index in [1.807, 2.05) is 6.07 Å². The van der Waals surface area contributed by atoms with Crippen molar-refractivity contribution in [1.29, 1.82) is 0 Å². The van der Waals surface area contributed by atoms with Gasteiger partial charge in [0.25, 0.3) is 0 Å². The summed E-state index contributed by atoms with van der Waals surface area (Å²) in [6.45, 7) is 0.650. The van der Waals surface area contributed by atoms with Gasteiger partial charge in [-0.2, -0.15) is 13.2 Å². The Morgan fingerprint density at radius 3 is 2.50 bits per heavy atom. The van der Waals surface area contributed by atoms with Crippen molar-refractivity contribution in [3.05, 3.63) is 71.7 Å². The molecule has 3 aromatic rings. The highest BCUT2D eigenvalue weighted by molar-refractivity contribution is 5.60. The van der Waals surface area contributed by atoms with Gasteiger partial charge < -0.3 is 11.1 Å². The first-order valence-electron chi connectivity index (χ1n) is 8.83. The number of nitrogen functional groups attached to an aromatic ring is 1. The van der Waals surface area contributed by atoms with Gasteiger partial charge in [0.1, 0.15) is 0 Å². The molecule has 1 aliphatic rings. The van der Waals surface area contributed by atoms with Gasteiger partial charge in [0.15, 0.2) is 0 Å². The maximum Gasteiger partial charge on any atom is 0.416 e. The van der Waals surface area contributed by atoms with E-state index in [2.05, 4.69) is 20.3 Å². The van der Waals surface area contributed by atoms with Crippen LogP contribution in [0.15, 0.2) is 55.0 Å². The molecule has 0 radical (unpaired) electrons. The fourth-order valence-electron chi connectivity index (χ4n) is 3.14. The van der Waals surface area contributed by atoms with Gasteiger partial charge in [-0.25, -0.2) is 9.97 Å². The summed E-state index contributed by atoms with van der Waals surface area (Å²) in [6.07, 6.45) is 1.75. The predicted molar refractivity (Wildman–Crippen MR) is 99.1 cm³/mol. The van der Waals surface area contributed by atoms with Crippen LogP contribution in [-0.2, 0) is 12.7 Å². The molecule has 0 saturated heterocycles. The molecule has 2 atom stereocenters. The van der Waals surface area contributed by atoms with Crippen LogP contribution < -0.4 is 11.1 Å². The van der Waals surface area contributed by atoms with E-state index in [0.717, 1.165) is 29.7 Å². The highest BCUT2D eigenvalue weighted by atomic mass is 19.4. The second kappa shape index (κ2) is 7.20. The van der Waals surface area contributed by atoms with Crippen LogP contribution >= 0.6 is 0 Å². The fraction of sp³-hybridized carbons (Fsp3) is 0.250. The Bertz CT molecular complexity index is 955. The summed E-state index contributed by atoms with van der Waals surface area (Å²) in [5, 5.41) is 3.44. The third-order valence-corrected chi connectivity index (χ3v) is 4.78. The highest BCUT2D eigenvalue weighted by Gasteiger charge is 2.38. The zero-order chi connectivity index (χ0) is 19.7. The van der Waals surface area contributed by atoms with Crippen LogP contribution in [0.25, 0.3) is 11.3 Å². The van der Waals surface area contributed by atoms with Crippen molar-refractivity contribution in [2.75, 3.05) is 5.73 Å². The van der Waals surface area contributed by atoms with E-state index in [1.165, 1.54) is 6.07 Å². The number of pyridine rings is 1. The summed E-state index contributed by atoms with van der Waals surface area (Å²) in [5.41, 5.74) is 7.81. The van der Waals surface area contributed by atoms with Crippen molar-refractivity contribution in [3.63, 3.8) is 0 Å². The molecule has 5 nitrogen and oxygen atoms in total. The third-order valence-electron chi connectivity index (χ3n) is 4.78. The normalized spacial score (nSPS) is 18.8. The lowest BCUT2D eigenvalue weighted by molar-refractivity contribution is -0.137. The summed E-state index contributed by atoms with van der Waals surface area (Å²) in [7, 11) is 0. The van der Waals surface area contributed by atoms with Crippen molar-refractivity contribution >= 4 is 5.95 Å². The number of anilines is 1. The lowest BCUT2D eigenvalue weighted by Gasteiger charge is -2.09. The number of hydrogen-bond acceptors (Lipinski definition) is 5. The maximum atomic E-state index is 12.9. The average molecular weight is 385 g/mol. The van der Waals surface area contributed by atoms with Crippen LogP contribution in [0.4, 0.5) is 19.1 Å². The summed E-state index contributed by atoms with van der Waals surface area (Å²) in [6, 6.07) is 9.25. The number of nitrogens with one attached hydrogen (secondary N) is 1. The first-order chi connectivity index (χ1) is 13.4. The molecule has 0 amide bonds. The number of halogens is 3. The zero-order valence-electron chi connectivity index (χ0n) is 14.8. The van der Waals surface area contributed by atoms with E-state index >= 15 is 0 Å². The van der Waals surface area contributed by atoms with Crippen LogP contribution in [0.3, 0.4) is 0 Å². The Labute approximate surface area is 159 Å². The fourth-order valence-corrected chi connectivity index (χ4v) is 3.14. The smallest absolute Gasteiger partial charge is 0.368 e. The van der Waals surface area contributed by atoms with Gasteiger partial charge in [0, 0.05) is 48.2 Å². The zero-order valence-corrected chi connectivity index (χ0v) is 14.8. The number of hydrogen-bond donors (Lipinski definition) is 2. The van der Waals surface area contributed by atoms with Gasteiger partial charge in [-0.15, -0.1) is 0 Å². The van der Waals surface area contributed by atoms with Crippen molar-refractivity contribution in [1.82, 2.24) is 20.3 Å². The maximum absolute atomic E-state index is 12.9. The molecule has 1 saturated carbocycles. The Morgan fingerprint density at radius 1 is 1.04 bits per heavy atom. The molecule has 1 aliphatic carbocycles. The lowest BCUT2D eigenvalue weighted by atomic mass is 10.1. The van der Waals surface area contributed by atoms with Gasteiger partial charge in [-0.1, -0.05) is 18.2 Å². The molecule has 3 N–H and O–H groups in total. The molecule has 28 heavy (non-hydrogen) atoms. The van der Waals surface area contributed by atoms with Crippen molar-refractivity contribution < 1.29 is 13.2 Å². The predicted octanol–water partition coefficient (Wildman–Crippen LogP) is 3.79. The van der Waals surface area contributed by atoms with Gasteiger partial charge in [0.2, 0.25) is 5.95 Å². The van der Waals surface area contributed by atoms with Crippen LogP contribution in [0.1, 0.15) is 29.0 Å². The van der Waals surface area contributed by atoms with Crippen LogP contribution in [-0.4, -0.2) is 21.0 Å². The standard InChI is InChI=1S/C20H18F3N5/c21-20(22,23)15-3-1-2-13(6-15)17-5-4-14(11-26-17)16-7-18(16)25-8-12-9-27-19(24)28-10-12/h1-6,9-11,16,18,25H,7-8H2,(H2,24,27,28)/t16-,18+/m0/s1. The molecule has 2 heterocycles. The minimum absolute atomic E-state index is 0.250. The van der Waals surface area contributed by atoms with E-state index in [0.29, 0.717) is 29.8 Å². The third kappa shape index (κ3) is 4.12. The second-order valence-electron chi connectivity index (χ2n) is 6.83. The van der Waals surface area contributed by atoms with E-state index in [-0.39, 0.29) is 5.95 Å². The molecule has 2 aromatic heterocycles. The molecule has 0 bridgehead atoms. The minimum atomic E-state index is -4.36. The van der Waals surface area contributed by atoms with Crippen molar-refractivity contribution in [2.45, 2.75) is 31.1 Å². The van der Waals surface area contributed by atoms with E-state index < -0.39 is 11.7 Å². The Hall–Kier alpha value is -3.00. The summed E-state index contributed by atoms with van der Waals surface area (Å²) >= 11 is 0. The van der Waals surface area contributed by atoms with Gasteiger partial charge in [-0.05, 0) is 30.2 Å². The molecular formula is C20H18F3N5. The highest BCUT2D eigenvalue weighted by Crippen LogP contribution is 2.41. The van der Waals surface area contributed by atoms with E-state index in [4.69, 9.17) is 5.73 Å². The van der Waals surface area contributed by atoms with Crippen LogP contribution in [0.2, 0.25) is 0 Å². The molecule has 4 rings (SSSR count). The molecular weight excluding hydrogens is 367 g/mol. The molecule has 1 aromatic carbocycles. The lowest BCUT2D eigenvalue weighted by Crippen LogP contribution is -2.17. The SMILES string of the molecule is Nc1ncc(CN[C@@H]2C[C@H]2c2ccc(-c3cccc(C(F)(F)F)c3)nc2)cn1. The molecule has 0 spiro atoms. The number of rotatable bonds is 5. The molecule has 1 fully saturated rings. The van der Waals surface area contributed by atoms with E-state index in [1.54, 1.807) is 30.7 Å². The summed E-state index contributed by atoms with van der Waals surface area (Å²) in [5.74, 6) is 0.595. The summed E-state index contributed by atoms with van der Waals surface area (Å²) in [4.78, 5) is 12.3. The Balaban J connectivity index is 1.38. The molecule has 8 heteroatoms. The Morgan fingerprint density at radius 2 is 1.82 bits per heavy atom. The first-order valence-corrected chi connectivity index (χ1v) is 8.83. The second-order valence-corrected chi connectivity index (χ2v) is 6.83. The molecule has 144 valence electrons. The van der Waals surface area contributed by atoms with Crippen LogP contribution in [0, 0.1) is 0 Å². The molecule has 0 aliphatic heterocycles. The van der Waals surface area contributed by atoms with Crippen molar-refractivity contribution in [2.24, 2.45) is 0 Å². The number of alkyl halides is 3.